The Morgan fingerprint density at radius 2 is 1.86 bits per heavy atom. The molecule has 0 unspecified atom stereocenters. The molecular weight excluding hydrogens is 176 g/mol. The summed E-state index contributed by atoms with van der Waals surface area (Å²) in [4.78, 5) is 0. The average Bonchev–Trinajstić information content (AvgIpc) is 2.63. The van der Waals surface area contributed by atoms with E-state index in [4.69, 9.17) is 0 Å². The third-order valence-electron chi connectivity index (χ3n) is 2.33. The van der Waals surface area contributed by atoms with Gasteiger partial charge < -0.3 is 0 Å². The molecule has 14 heavy (non-hydrogen) atoms. The molecule has 0 saturated carbocycles. The Labute approximate surface area is 85.7 Å². The maximum Gasteiger partial charge on any atom is 0.151 e. The number of hydrogen-bond acceptors (Lipinski definition) is 3. The number of unbranched alkanes of at least 4 members (excludes halogenated alkanes) is 3. The van der Waals surface area contributed by atoms with Gasteiger partial charge in [0, 0.05) is 13.0 Å². The Kier molecular flexibility index (Phi) is 5.19. The summed E-state index contributed by atoms with van der Waals surface area (Å²) in [5, 5.41) is 11.7. The van der Waals surface area contributed by atoms with Crippen molar-refractivity contribution in [1.82, 2.24) is 20.2 Å². The molecule has 1 aromatic heterocycles. The van der Waals surface area contributed by atoms with Crippen LogP contribution in [0.4, 0.5) is 0 Å². The van der Waals surface area contributed by atoms with Gasteiger partial charge >= 0.3 is 0 Å². The first-order chi connectivity index (χ1) is 6.88. The molecule has 0 aliphatic heterocycles. The van der Waals surface area contributed by atoms with Crippen molar-refractivity contribution >= 4 is 0 Å². The molecule has 1 rings (SSSR count). The highest BCUT2D eigenvalue weighted by molar-refractivity contribution is 4.80. The quantitative estimate of drug-likeness (QED) is 0.628. The maximum atomic E-state index is 4.04. The van der Waals surface area contributed by atoms with Gasteiger partial charge in [0.2, 0.25) is 0 Å². The molecule has 4 heteroatoms. The van der Waals surface area contributed by atoms with Gasteiger partial charge in [-0.05, 0) is 23.3 Å². The van der Waals surface area contributed by atoms with Crippen LogP contribution in [0.15, 0.2) is 0 Å². The monoisotopic (exact) mass is 196 g/mol. The predicted molar refractivity (Wildman–Crippen MR) is 56.0 cm³/mol. The highest BCUT2D eigenvalue weighted by atomic mass is 15.5. The third-order valence-corrected chi connectivity index (χ3v) is 2.33. The molecule has 0 bridgehead atoms. The van der Waals surface area contributed by atoms with Gasteiger partial charge in [0.05, 0.1) is 0 Å². The Balaban J connectivity index is 2.37. The molecular formula is C10H20N4. The van der Waals surface area contributed by atoms with Crippen LogP contribution in [0, 0.1) is 0 Å². The molecule has 0 aromatic carbocycles. The lowest BCUT2D eigenvalue weighted by Crippen LogP contribution is -2.06. The van der Waals surface area contributed by atoms with Crippen molar-refractivity contribution in [1.29, 1.82) is 0 Å². The van der Waals surface area contributed by atoms with Crippen LogP contribution < -0.4 is 0 Å². The summed E-state index contributed by atoms with van der Waals surface area (Å²) in [6.45, 7) is 5.35. The Hall–Kier alpha value is -0.930. The molecule has 0 aliphatic rings. The second-order valence-electron chi connectivity index (χ2n) is 3.63. The summed E-state index contributed by atoms with van der Waals surface area (Å²) in [6, 6.07) is 0. The molecule has 4 nitrogen and oxygen atoms in total. The van der Waals surface area contributed by atoms with E-state index in [0.717, 1.165) is 25.2 Å². The fourth-order valence-electron chi connectivity index (χ4n) is 1.42. The van der Waals surface area contributed by atoms with Gasteiger partial charge in [0.25, 0.3) is 0 Å². The second kappa shape index (κ2) is 6.51. The number of rotatable bonds is 7. The topological polar surface area (TPSA) is 43.6 Å². The molecule has 1 aromatic rings. The summed E-state index contributed by atoms with van der Waals surface area (Å²) in [6.07, 6.45) is 7.07. The first-order valence-electron chi connectivity index (χ1n) is 5.63. The summed E-state index contributed by atoms with van der Waals surface area (Å²) >= 11 is 0. The van der Waals surface area contributed by atoms with Crippen LogP contribution in [0.2, 0.25) is 0 Å². The first kappa shape index (κ1) is 11.1. The third kappa shape index (κ3) is 3.44. The summed E-state index contributed by atoms with van der Waals surface area (Å²) in [7, 11) is 0. The minimum Gasteiger partial charge on any atom is -0.230 e. The van der Waals surface area contributed by atoms with Crippen LogP contribution in [0.3, 0.4) is 0 Å². The van der Waals surface area contributed by atoms with E-state index in [0.29, 0.717) is 0 Å². The van der Waals surface area contributed by atoms with Crippen molar-refractivity contribution in [2.45, 2.75) is 58.9 Å². The molecule has 80 valence electrons. The predicted octanol–water partition coefficient (Wildman–Crippen LogP) is 2.21. The van der Waals surface area contributed by atoms with Gasteiger partial charge in [-0.1, -0.05) is 33.1 Å². The van der Waals surface area contributed by atoms with E-state index in [9.17, 15) is 0 Å². The van der Waals surface area contributed by atoms with E-state index in [1.807, 2.05) is 4.68 Å². The van der Waals surface area contributed by atoms with Crippen LogP contribution in [0.5, 0.6) is 0 Å². The van der Waals surface area contributed by atoms with Crippen LogP contribution in [0.1, 0.15) is 51.8 Å². The largest absolute Gasteiger partial charge is 0.230 e. The summed E-state index contributed by atoms with van der Waals surface area (Å²) in [5.41, 5.74) is 0. The number of nitrogens with zero attached hydrogens (tertiary/aromatic N) is 4. The van der Waals surface area contributed by atoms with Crippen molar-refractivity contribution < 1.29 is 0 Å². The first-order valence-corrected chi connectivity index (χ1v) is 5.63. The fourth-order valence-corrected chi connectivity index (χ4v) is 1.42. The van der Waals surface area contributed by atoms with E-state index in [-0.39, 0.29) is 0 Å². The Morgan fingerprint density at radius 3 is 2.57 bits per heavy atom. The SMILES string of the molecule is CCCCCc1nnnn1CCCC. The van der Waals surface area contributed by atoms with Gasteiger partial charge in [-0.25, -0.2) is 4.68 Å². The normalized spacial score (nSPS) is 10.7. The smallest absolute Gasteiger partial charge is 0.151 e. The molecule has 0 aliphatic carbocycles. The molecule has 0 N–H and O–H groups in total. The lowest BCUT2D eigenvalue weighted by Gasteiger charge is -2.02. The van der Waals surface area contributed by atoms with Crippen LogP contribution in [0.25, 0.3) is 0 Å². The number of aromatic nitrogens is 4. The molecule has 0 radical (unpaired) electrons. The Bertz CT molecular complexity index is 244. The lowest BCUT2D eigenvalue weighted by molar-refractivity contribution is 0.525. The molecule has 0 amide bonds. The lowest BCUT2D eigenvalue weighted by atomic mass is 10.2. The van der Waals surface area contributed by atoms with E-state index >= 15 is 0 Å². The number of hydrogen-bond donors (Lipinski definition) is 0. The number of aryl methyl sites for hydroxylation is 2. The van der Waals surface area contributed by atoms with Crippen molar-refractivity contribution in [2.24, 2.45) is 0 Å². The van der Waals surface area contributed by atoms with Gasteiger partial charge in [-0.3, -0.25) is 0 Å². The number of tetrazole rings is 1. The Morgan fingerprint density at radius 1 is 1.07 bits per heavy atom. The average molecular weight is 196 g/mol. The highest BCUT2D eigenvalue weighted by Gasteiger charge is 2.03. The van der Waals surface area contributed by atoms with Crippen molar-refractivity contribution in [3.63, 3.8) is 0 Å². The van der Waals surface area contributed by atoms with Crippen molar-refractivity contribution in [3.05, 3.63) is 5.82 Å². The second-order valence-corrected chi connectivity index (χ2v) is 3.63. The molecule has 0 saturated heterocycles. The van der Waals surface area contributed by atoms with E-state index < -0.39 is 0 Å². The zero-order chi connectivity index (χ0) is 10.2. The van der Waals surface area contributed by atoms with Crippen LogP contribution in [-0.2, 0) is 13.0 Å². The van der Waals surface area contributed by atoms with Crippen LogP contribution in [-0.4, -0.2) is 20.2 Å². The zero-order valence-corrected chi connectivity index (χ0v) is 9.24. The standard InChI is InChI=1S/C10H20N4/c1-3-5-7-8-10-11-12-13-14(10)9-6-4-2/h3-9H2,1-2H3. The summed E-state index contributed by atoms with van der Waals surface area (Å²) < 4.78 is 1.94. The highest BCUT2D eigenvalue weighted by Crippen LogP contribution is 2.03. The zero-order valence-electron chi connectivity index (χ0n) is 9.24. The molecule has 1 heterocycles. The van der Waals surface area contributed by atoms with Crippen LogP contribution >= 0.6 is 0 Å². The molecule has 0 atom stereocenters. The van der Waals surface area contributed by atoms with Crippen molar-refractivity contribution in [2.75, 3.05) is 0 Å². The minimum atomic E-state index is 0.963. The minimum absolute atomic E-state index is 0.963. The van der Waals surface area contributed by atoms with E-state index in [1.165, 1.54) is 25.7 Å². The van der Waals surface area contributed by atoms with Gasteiger partial charge in [0.15, 0.2) is 5.82 Å². The molecule has 0 spiro atoms. The maximum absolute atomic E-state index is 4.04. The summed E-state index contributed by atoms with van der Waals surface area (Å²) in [5.74, 6) is 1.05. The molecule has 0 fully saturated rings. The van der Waals surface area contributed by atoms with Crippen molar-refractivity contribution in [3.8, 4) is 0 Å². The van der Waals surface area contributed by atoms with Gasteiger partial charge in [-0.15, -0.1) is 5.10 Å². The van der Waals surface area contributed by atoms with Gasteiger partial charge in [0.1, 0.15) is 0 Å². The van der Waals surface area contributed by atoms with E-state index in [1.54, 1.807) is 0 Å². The fraction of sp³-hybridized carbons (Fsp3) is 0.900. The van der Waals surface area contributed by atoms with Gasteiger partial charge in [-0.2, -0.15) is 0 Å². The van der Waals surface area contributed by atoms with E-state index in [2.05, 4.69) is 29.4 Å².